The van der Waals surface area contributed by atoms with Crippen molar-refractivity contribution in [1.29, 1.82) is 0 Å². The first-order valence-corrected chi connectivity index (χ1v) is 6.51. The van der Waals surface area contributed by atoms with Crippen molar-refractivity contribution >= 4 is 16.9 Å². The Morgan fingerprint density at radius 2 is 2.25 bits per heavy atom. The summed E-state index contributed by atoms with van der Waals surface area (Å²) >= 11 is 0. The molecule has 0 saturated heterocycles. The molecule has 1 aromatic heterocycles. The van der Waals surface area contributed by atoms with Crippen LogP contribution >= 0.6 is 0 Å². The summed E-state index contributed by atoms with van der Waals surface area (Å²) in [6.07, 6.45) is 0.777. The van der Waals surface area contributed by atoms with Gasteiger partial charge in [0.1, 0.15) is 5.75 Å². The molecule has 2 heterocycles. The van der Waals surface area contributed by atoms with E-state index < -0.39 is 5.97 Å². The lowest BCUT2D eigenvalue weighted by Gasteiger charge is -2.26. The summed E-state index contributed by atoms with van der Waals surface area (Å²) in [5.74, 6) is -0.205. The van der Waals surface area contributed by atoms with Gasteiger partial charge in [0.2, 0.25) is 0 Å². The molecule has 2 aromatic rings. The largest absolute Gasteiger partial charge is 0.497 e. The third kappa shape index (κ3) is 2.00. The number of carboxylic acid groups (broad SMARTS) is 1. The fourth-order valence-electron chi connectivity index (χ4n) is 2.73. The van der Waals surface area contributed by atoms with Gasteiger partial charge in [-0.3, -0.25) is 4.98 Å². The van der Waals surface area contributed by atoms with E-state index in [0.29, 0.717) is 28.8 Å². The predicted octanol–water partition coefficient (Wildman–Crippen LogP) is 1.93. The average Bonchev–Trinajstić information content (AvgIpc) is 2.43. The van der Waals surface area contributed by atoms with Gasteiger partial charge in [0.15, 0.2) is 0 Å². The molecule has 0 spiro atoms. The zero-order chi connectivity index (χ0) is 14.3. The topological polar surface area (TPSA) is 62.7 Å². The molecule has 3 rings (SSSR count). The quantitative estimate of drug-likeness (QED) is 0.905. The van der Waals surface area contributed by atoms with Crippen LogP contribution in [-0.4, -0.2) is 41.7 Å². The van der Waals surface area contributed by atoms with Gasteiger partial charge >= 0.3 is 5.97 Å². The minimum Gasteiger partial charge on any atom is -0.497 e. The molecule has 20 heavy (non-hydrogen) atoms. The molecular weight excluding hydrogens is 256 g/mol. The monoisotopic (exact) mass is 272 g/mol. The summed E-state index contributed by atoms with van der Waals surface area (Å²) in [7, 11) is 3.58. The number of nitrogens with zero attached hydrogens (tertiary/aromatic N) is 2. The van der Waals surface area contributed by atoms with Gasteiger partial charge < -0.3 is 14.7 Å². The van der Waals surface area contributed by atoms with Crippen molar-refractivity contribution in [2.24, 2.45) is 0 Å². The maximum Gasteiger partial charge on any atom is 0.336 e. The Labute approximate surface area is 116 Å². The van der Waals surface area contributed by atoms with Gasteiger partial charge in [0, 0.05) is 42.2 Å². The second-order valence-electron chi connectivity index (χ2n) is 5.09. The van der Waals surface area contributed by atoms with Crippen LogP contribution in [0.4, 0.5) is 0 Å². The van der Waals surface area contributed by atoms with Gasteiger partial charge in [-0.05, 0) is 19.2 Å². The molecule has 1 aromatic carbocycles. The molecule has 0 amide bonds. The van der Waals surface area contributed by atoms with E-state index in [9.17, 15) is 9.90 Å². The van der Waals surface area contributed by atoms with Crippen LogP contribution in [0.5, 0.6) is 5.75 Å². The number of carbonyl (C=O) groups is 1. The van der Waals surface area contributed by atoms with Crippen molar-refractivity contribution in [2.75, 3.05) is 20.7 Å². The molecule has 0 unspecified atom stereocenters. The van der Waals surface area contributed by atoms with Gasteiger partial charge in [0.25, 0.3) is 0 Å². The SMILES string of the molecule is COc1ccc2c(C(=O)O)c3c(nc2c1)CCN(C)C3. The molecule has 1 aliphatic heterocycles. The molecule has 0 atom stereocenters. The lowest BCUT2D eigenvalue weighted by atomic mass is 9.96. The molecule has 104 valence electrons. The number of aromatic nitrogens is 1. The van der Waals surface area contributed by atoms with Crippen molar-refractivity contribution in [1.82, 2.24) is 9.88 Å². The molecule has 0 fully saturated rings. The number of benzene rings is 1. The van der Waals surface area contributed by atoms with E-state index in [1.54, 1.807) is 25.3 Å². The van der Waals surface area contributed by atoms with Crippen LogP contribution in [0.3, 0.4) is 0 Å². The molecule has 0 bridgehead atoms. The zero-order valence-electron chi connectivity index (χ0n) is 11.5. The van der Waals surface area contributed by atoms with Crippen LogP contribution in [0, 0.1) is 0 Å². The van der Waals surface area contributed by atoms with E-state index in [-0.39, 0.29) is 0 Å². The highest BCUT2D eigenvalue weighted by Gasteiger charge is 2.24. The minimum atomic E-state index is -0.894. The van der Waals surface area contributed by atoms with E-state index in [0.717, 1.165) is 24.2 Å². The second-order valence-corrected chi connectivity index (χ2v) is 5.09. The average molecular weight is 272 g/mol. The van der Waals surface area contributed by atoms with Crippen molar-refractivity contribution in [3.05, 3.63) is 35.0 Å². The van der Waals surface area contributed by atoms with Gasteiger partial charge in [0.05, 0.1) is 18.2 Å². The smallest absolute Gasteiger partial charge is 0.336 e. The summed E-state index contributed by atoms with van der Waals surface area (Å²) in [5.41, 5.74) is 2.79. The maximum atomic E-state index is 11.7. The first kappa shape index (κ1) is 12.9. The summed E-state index contributed by atoms with van der Waals surface area (Å²) in [6.45, 7) is 1.53. The third-order valence-corrected chi connectivity index (χ3v) is 3.75. The molecule has 0 saturated carbocycles. The van der Waals surface area contributed by atoms with Crippen molar-refractivity contribution in [3.8, 4) is 5.75 Å². The van der Waals surface area contributed by atoms with E-state index in [4.69, 9.17) is 4.74 Å². The predicted molar refractivity (Wildman–Crippen MR) is 75.3 cm³/mol. The number of rotatable bonds is 2. The Balaban J connectivity index is 2.32. The van der Waals surface area contributed by atoms with Crippen molar-refractivity contribution in [2.45, 2.75) is 13.0 Å². The number of hydrogen-bond donors (Lipinski definition) is 1. The molecule has 1 N–H and O–H groups in total. The molecule has 1 aliphatic rings. The van der Waals surface area contributed by atoms with Gasteiger partial charge in [-0.25, -0.2) is 4.79 Å². The lowest BCUT2D eigenvalue weighted by molar-refractivity contribution is 0.0696. The van der Waals surface area contributed by atoms with E-state index in [1.807, 2.05) is 7.05 Å². The zero-order valence-corrected chi connectivity index (χ0v) is 11.5. The first-order valence-electron chi connectivity index (χ1n) is 6.51. The molecule has 0 aliphatic carbocycles. The number of hydrogen-bond acceptors (Lipinski definition) is 4. The number of ether oxygens (including phenoxy) is 1. The van der Waals surface area contributed by atoms with Gasteiger partial charge in [-0.15, -0.1) is 0 Å². The van der Waals surface area contributed by atoms with Crippen molar-refractivity contribution < 1.29 is 14.6 Å². The number of pyridine rings is 1. The summed E-state index contributed by atoms with van der Waals surface area (Å²) < 4.78 is 5.19. The minimum absolute atomic E-state index is 0.374. The Morgan fingerprint density at radius 1 is 1.45 bits per heavy atom. The highest BCUT2D eigenvalue weighted by molar-refractivity contribution is 6.04. The lowest BCUT2D eigenvalue weighted by Crippen LogP contribution is -2.29. The van der Waals surface area contributed by atoms with Crippen LogP contribution in [0.15, 0.2) is 18.2 Å². The van der Waals surface area contributed by atoms with E-state index in [2.05, 4.69) is 9.88 Å². The van der Waals surface area contributed by atoms with E-state index >= 15 is 0 Å². The summed E-state index contributed by atoms with van der Waals surface area (Å²) in [5, 5.41) is 10.2. The molecule has 5 nitrogen and oxygen atoms in total. The fraction of sp³-hybridized carbons (Fsp3) is 0.333. The third-order valence-electron chi connectivity index (χ3n) is 3.75. The van der Waals surface area contributed by atoms with Gasteiger partial charge in [-0.2, -0.15) is 0 Å². The second kappa shape index (κ2) is 4.76. The Kier molecular flexibility index (Phi) is 3.06. The van der Waals surface area contributed by atoms with Crippen LogP contribution in [0.25, 0.3) is 10.9 Å². The molecule has 5 heteroatoms. The Morgan fingerprint density at radius 3 is 2.95 bits per heavy atom. The number of aromatic carboxylic acids is 1. The Bertz CT molecular complexity index is 697. The summed E-state index contributed by atoms with van der Waals surface area (Å²) in [4.78, 5) is 18.4. The van der Waals surface area contributed by atoms with Crippen molar-refractivity contribution in [3.63, 3.8) is 0 Å². The van der Waals surface area contributed by atoms with Crippen LogP contribution < -0.4 is 4.74 Å². The summed E-state index contributed by atoms with van der Waals surface area (Å²) in [6, 6.07) is 5.34. The highest BCUT2D eigenvalue weighted by atomic mass is 16.5. The molecular formula is C15H16N2O3. The number of carboxylic acids is 1. The number of fused-ring (bicyclic) bond motifs is 2. The first-order chi connectivity index (χ1) is 9.60. The van der Waals surface area contributed by atoms with Crippen LogP contribution in [-0.2, 0) is 13.0 Å². The maximum absolute atomic E-state index is 11.7. The number of likely N-dealkylation sites (N-methyl/N-ethyl adjacent to an activating group) is 1. The van der Waals surface area contributed by atoms with Crippen LogP contribution in [0.1, 0.15) is 21.6 Å². The van der Waals surface area contributed by atoms with Crippen LogP contribution in [0.2, 0.25) is 0 Å². The molecule has 0 radical (unpaired) electrons. The highest BCUT2D eigenvalue weighted by Crippen LogP contribution is 2.29. The fourth-order valence-corrected chi connectivity index (χ4v) is 2.73. The standard InChI is InChI=1S/C15H16N2O3/c1-17-6-5-12-11(8-17)14(15(18)19)10-4-3-9(20-2)7-13(10)16-12/h3-4,7H,5-6,8H2,1-2H3,(H,18,19). The number of methoxy groups -OCH3 is 1. The Hall–Kier alpha value is -2.14. The van der Waals surface area contributed by atoms with Gasteiger partial charge in [-0.1, -0.05) is 0 Å². The normalized spacial score (nSPS) is 15.1. The van der Waals surface area contributed by atoms with E-state index in [1.165, 1.54) is 0 Å².